The number of nitrogens with two attached hydrogens (primary N) is 1. The zero-order valence-corrected chi connectivity index (χ0v) is 16.4. The Balaban J connectivity index is 0.000000828. The van der Waals surface area contributed by atoms with Crippen LogP contribution in [0.1, 0.15) is 23.7 Å². The Bertz CT molecular complexity index is 604. The summed E-state index contributed by atoms with van der Waals surface area (Å²) >= 11 is 6.00. The van der Waals surface area contributed by atoms with Crippen LogP contribution in [0, 0.1) is 0 Å². The number of likely N-dealkylation sites (N-methyl/N-ethyl adjacent to an activating group) is 1. The van der Waals surface area contributed by atoms with E-state index in [-0.39, 0.29) is 12.0 Å². The van der Waals surface area contributed by atoms with Crippen LogP contribution >= 0.6 is 11.6 Å². The molecule has 1 unspecified atom stereocenters. The number of aliphatic carboxylic acids is 1. The number of hydrogen-bond donors (Lipinski definition) is 2. The van der Waals surface area contributed by atoms with Crippen LogP contribution in [0.25, 0.3) is 0 Å². The number of carboxylic acid groups (broad SMARTS) is 1. The molecule has 1 saturated heterocycles. The summed E-state index contributed by atoms with van der Waals surface area (Å²) in [6.07, 6.45) is 0.607. The van der Waals surface area contributed by atoms with E-state index in [1.165, 1.54) is 0 Å². The van der Waals surface area contributed by atoms with E-state index >= 15 is 0 Å². The van der Waals surface area contributed by atoms with Gasteiger partial charge in [-0.1, -0.05) is 11.6 Å². The van der Waals surface area contributed by atoms with E-state index in [9.17, 15) is 4.79 Å². The minimum Gasteiger partial charge on any atom is -0.493 e. The lowest BCUT2D eigenvalue weighted by atomic mass is 10.1. The number of rotatable bonds is 7. The van der Waals surface area contributed by atoms with Crippen LogP contribution in [-0.4, -0.2) is 74.6 Å². The van der Waals surface area contributed by atoms with Crippen LogP contribution in [0.4, 0.5) is 0 Å². The van der Waals surface area contributed by atoms with Gasteiger partial charge in [0.25, 0.3) is 11.9 Å². The van der Waals surface area contributed by atoms with E-state index in [1.54, 1.807) is 30.1 Å². The second kappa shape index (κ2) is 12.5. The van der Waals surface area contributed by atoms with Crippen LogP contribution in [0.2, 0.25) is 5.02 Å². The molecule has 1 aromatic carbocycles. The van der Waals surface area contributed by atoms with Crippen LogP contribution in [0.5, 0.6) is 5.75 Å². The second-order valence-electron chi connectivity index (χ2n) is 5.90. The van der Waals surface area contributed by atoms with E-state index in [0.717, 1.165) is 6.92 Å². The van der Waals surface area contributed by atoms with E-state index < -0.39 is 5.97 Å². The molecule has 0 aliphatic carbocycles. The summed E-state index contributed by atoms with van der Waals surface area (Å²) in [6, 6.07) is 5.01. The number of benzene rings is 1. The average molecular weight is 403 g/mol. The summed E-state index contributed by atoms with van der Waals surface area (Å²) in [5.41, 5.74) is 5.94. The van der Waals surface area contributed by atoms with Crippen molar-refractivity contribution in [1.29, 1.82) is 0 Å². The topological polar surface area (TPSA) is 111 Å². The van der Waals surface area contributed by atoms with Gasteiger partial charge in [-0.15, -0.1) is 0 Å². The lowest BCUT2D eigenvalue weighted by molar-refractivity contribution is -0.134. The van der Waals surface area contributed by atoms with Gasteiger partial charge in [-0.05, 0) is 31.2 Å². The van der Waals surface area contributed by atoms with Gasteiger partial charge in [0.05, 0.1) is 38.1 Å². The van der Waals surface area contributed by atoms with Crippen molar-refractivity contribution in [2.45, 2.75) is 19.4 Å². The summed E-state index contributed by atoms with van der Waals surface area (Å²) in [7, 11) is 1.73. The molecule has 27 heavy (non-hydrogen) atoms. The van der Waals surface area contributed by atoms with Crippen molar-refractivity contribution < 1.29 is 28.9 Å². The monoisotopic (exact) mass is 402 g/mol. The van der Waals surface area contributed by atoms with Crippen molar-refractivity contribution >= 4 is 23.5 Å². The predicted molar refractivity (Wildman–Crippen MR) is 101 cm³/mol. The van der Waals surface area contributed by atoms with E-state index in [1.807, 2.05) is 0 Å². The molecule has 0 bridgehead atoms. The lowest BCUT2D eigenvalue weighted by Crippen LogP contribution is -2.40. The molecule has 0 aromatic heterocycles. The molecule has 1 fully saturated rings. The van der Waals surface area contributed by atoms with Gasteiger partial charge in [-0.2, -0.15) is 0 Å². The molecule has 1 amide bonds. The van der Waals surface area contributed by atoms with Gasteiger partial charge >= 0.3 is 0 Å². The number of carboxylic acids is 1. The van der Waals surface area contributed by atoms with Crippen molar-refractivity contribution in [2.24, 2.45) is 5.73 Å². The van der Waals surface area contributed by atoms with Crippen LogP contribution in [0.3, 0.4) is 0 Å². The van der Waals surface area contributed by atoms with Gasteiger partial charge in [0.2, 0.25) is 0 Å². The quantitative estimate of drug-likeness (QED) is 0.667. The zero-order valence-electron chi connectivity index (χ0n) is 15.7. The van der Waals surface area contributed by atoms with Crippen LogP contribution in [0.15, 0.2) is 18.2 Å². The number of ether oxygens (including phenoxy) is 3. The SMILES string of the molecule is CC(=O)O.CN(CC1COCCO1)C(=O)c1ccc(Cl)cc1OCCCN. The predicted octanol–water partition coefficient (Wildman–Crippen LogP) is 1.65. The standard InChI is InChI=1S/C16H23ClN2O4.C2H4O2/c1-19(10-13-11-21-7-8-22-13)16(20)14-4-3-12(17)9-15(14)23-6-2-5-18;1-2(3)4/h3-4,9,13H,2,5-8,10-11,18H2,1H3;1H3,(H,3,4). The first-order valence-electron chi connectivity index (χ1n) is 8.62. The maximum atomic E-state index is 12.7. The first kappa shape index (κ1) is 23.2. The minimum atomic E-state index is -0.833. The molecule has 0 spiro atoms. The number of amides is 1. The zero-order chi connectivity index (χ0) is 20.2. The van der Waals surface area contributed by atoms with E-state index in [0.29, 0.717) is 62.3 Å². The van der Waals surface area contributed by atoms with E-state index in [2.05, 4.69) is 0 Å². The lowest BCUT2D eigenvalue weighted by Gasteiger charge is -2.28. The molecule has 0 saturated carbocycles. The summed E-state index contributed by atoms with van der Waals surface area (Å²) in [4.78, 5) is 23.3. The third-order valence-electron chi connectivity index (χ3n) is 3.49. The number of carbonyl (C=O) groups is 2. The first-order valence-corrected chi connectivity index (χ1v) is 8.99. The van der Waals surface area contributed by atoms with Gasteiger partial charge in [0.1, 0.15) is 5.75 Å². The Labute approximate surface area is 164 Å². The number of halogens is 1. The highest BCUT2D eigenvalue weighted by Crippen LogP contribution is 2.25. The highest BCUT2D eigenvalue weighted by atomic mass is 35.5. The van der Waals surface area contributed by atoms with Crippen LogP contribution in [-0.2, 0) is 14.3 Å². The summed E-state index contributed by atoms with van der Waals surface area (Å²) in [6.45, 7) is 4.18. The average Bonchev–Trinajstić information content (AvgIpc) is 2.62. The minimum absolute atomic E-state index is 0.105. The van der Waals surface area contributed by atoms with Crippen molar-refractivity contribution in [2.75, 3.05) is 46.6 Å². The Kier molecular flexibility index (Phi) is 10.7. The van der Waals surface area contributed by atoms with Gasteiger partial charge in [-0.3, -0.25) is 9.59 Å². The molecule has 2 rings (SSSR count). The molecule has 1 heterocycles. The number of hydrogen-bond acceptors (Lipinski definition) is 6. The molecular formula is C18H27ClN2O6. The summed E-state index contributed by atoms with van der Waals surface area (Å²) in [5.74, 6) is -0.498. The molecule has 1 aliphatic rings. The number of nitrogens with zero attached hydrogens (tertiary/aromatic N) is 1. The largest absolute Gasteiger partial charge is 0.493 e. The third-order valence-corrected chi connectivity index (χ3v) is 3.72. The van der Waals surface area contributed by atoms with Gasteiger partial charge < -0.3 is 30.0 Å². The summed E-state index contributed by atoms with van der Waals surface area (Å²) in [5, 5.41) is 7.94. The fourth-order valence-electron chi connectivity index (χ4n) is 2.29. The molecule has 1 aliphatic heterocycles. The molecule has 9 heteroatoms. The third kappa shape index (κ3) is 9.05. The fraction of sp³-hybridized carbons (Fsp3) is 0.556. The molecule has 8 nitrogen and oxygen atoms in total. The van der Waals surface area contributed by atoms with Gasteiger partial charge in [0.15, 0.2) is 0 Å². The Morgan fingerprint density at radius 3 is 2.70 bits per heavy atom. The Morgan fingerprint density at radius 1 is 1.41 bits per heavy atom. The van der Waals surface area contributed by atoms with Crippen LogP contribution < -0.4 is 10.5 Å². The highest BCUT2D eigenvalue weighted by Gasteiger charge is 2.22. The van der Waals surface area contributed by atoms with Crippen molar-refractivity contribution in [3.63, 3.8) is 0 Å². The molecule has 152 valence electrons. The van der Waals surface area contributed by atoms with Crippen molar-refractivity contribution in [1.82, 2.24) is 4.90 Å². The van der Waals surface area contributed by atoms with Gasteiger partial charge in [0, 0.05) is 25.5 Å². The smallest absolute Gasteiger partial charge is 0.300 e. The first-order chi connectivity index (χ1) is 12.8. The van der Waals surface area contributed by atoms with E-state index in [4.69, 9.17) is 41.4 Å². The Hall–Kier alpha value is -1.87. The fourth-order valence-corrected chi connectivity index (χ4v) is 2.46. The maximum Gasteiger partial charge on any atom is 0.300 e. The van der Waals surface area contributed by atoms with Crippen molar-refractivity contribution in [3.8, 4) is 5.75 Å². The molecular weight excluding hydrogens is 376 g/mol. The summed E-state index contributed by atoms with van der Waals surface area (Å²) < 4.78 is 16.6. The maximum absolute atomic E-state index is 12.7. The normalized spacial score (nSPS) is 16.1. The molecule has 0 radical (unpaired) electrons. The number of carbonyl (C=O) groups excluding carboxylic acids is 1. The molecule has 1 aromatic rings. The molecule has 3 N–H and O–H groups in total. The Morgan fingerprint density at radius 2 is 2.11 bits per heavy atom. The van der Waals surface area contributed by atoms with Crippen molar-refractivity contribution in [3.05, 3.63) is 28.8 Å². The molecule has 1 atom stereocenters. The van der Waals surface area contributed by atoms with Gasteiger partial charge in [-0.25, -0.2) is 0 Å². The highest BCUT2D eigenvalue weighted by molar-refractivity contribution is 6.30. The second-order valence-corrected chi connectivity index (χ2v) is 6.34.